The molecular weight excluding hydrogens is 192 g/mol. The standard InChI is InChI=1S/C11H18O2Si/c1-11(2,3)14(4,5)9-7-6-8-10(12)13/h6,8H,1-5H3,(H,12,13)/b8-6+. The van der Waals surface area contributed by atoms with Gasteiger partial charge in [0.15, 0.2) is 0 Å². The second kappa shape index (κ2) is 4.47. The maximum atomic E-state index is 10.2. The van der Waals surface area contributed by atoms with Gasteiger partial charge in [-0.25, -0.2) is 4.79 Å². The summed E-state index contributed by atoms with van der Waals surface area (Å²) in [4.78, 5) is 10.2. The van der Waals surface area contributed by atoms with Crippen molar-refractivity contribution < 1.29 is 9.90 Å². The van der Waals surface area contributed by atoms with Gasteiger partial charge in [-0.05, 0) is 11.1 Å². The Hall–Kier alpha value is -1.01. The number of hydrogen-bond acceptors (Lipinski definition) is 1. The number of carboxylic acid groups (broad SMARTS) is 1. The van der Waals surface area contributed by atoms with Gasteiger partial charge in [0.05, 0.1) is 0 Å². The highest BCUT2D eigenvalue weighted by atomic mass is 28.3. The minimum Gasteiger partial charge on any atom is -0.478 e. The van der Waals surface area contributed by atoms with Gasteiger partial charge in [0.1, 0.15) is 8.07 Å². The molecule has 3 heteroatoms. The van der Waals surface area contributed by atoms with Gasteiger partial charge in [-0.2, -0.15) is 0 Å². The molecule has 0 aliphatic rings. The number of hydrogen-bond donors (Lipinski definition) is 1. The molecule has 0 aromatic carbocycles. The number of allylic oxidation sites excluding steroid dienone is 1. The van der Waals surface area contributed by atoms with Crippen LogP contribution in [0.4, 0.5) is 0 Å². The highest BCUT2D eigenvalue weighted by Gasteiger charge is 2.33. The SMILES string of the molecule is CC(C)(C)[Si](C)(C)C#C/C=C/C(=O)O. The fourth-order valence-corrected chi connectivity index (χ4v) is 1.34. The average Bonchev–Trinajstić information content (AvgIpc) is 1.95. The Bertz CT molecular complexity index is 297. The molecule has 2 nitrogen and oxygen atoms in total. The molecule has 0 saturated heterocycles. The summed E-state index contributed by atoms with van der Waals surface area (Å²) in [6, 6.07) is 0. The van der Waals surface area contributed by atoms with E-state index in [0.717, 1.165) is 6.08 Å². The van der Waals surface area contributed by atoms with Gasteiger partial charge in [0, 0.05) is 6.08 Å². The predicted octanol–water partition coefficient (Wildman–Crippen LogP) is 2.68. The fraction of sp³-hybridized carbons (Fsp3) is 0.545. The summed E-state index contributed by atoms with van der Waals surface area (Å²) in [6.45, 7) is 10.9. The van der Waals surface area contributed by atoms with E-state index in [4.69, 9.17) is 5.11 Å². The highest BCUT2D eigenvalue weighted by Crippen LogP contribution is 2.34. The molecule has 0 saturated carbocycles. The van der Waals surface area contributed by atoms with Crippen LogP contribution in [0.2, 0.25) is 18.1 Å². The minimum absolute atomic E-state index is 0.219. The second-order valence-corrected chi connectivity index (χ2v) is 9.82. The van der Waals surface area contributed by atoms with Crippen molar-refractivity contribution in [2.24, 2.45) is 0 Å². The molecule has 0 rings (SSSR count). The molecular formula is C11H18O2Si. The Morgan fingerprint density at radius 1 is 1.36 bits per heavy atom. The van der Waals surface area contributed by atoms with Crippen LogP contribution in [0, 0.1) is 11.5 Å². The molecule has 0 unspecified atom stereocenters. The lowest BCUT2D eigenvalue weighted by molar-refractivity contribution is -0.131. The van der Waals surface area contributed by atoms with E-state index in [9.17, 15) is 4.79 Å². The van der Waals surface area contributed by atoms with Crippen LogP contribution in [-0.2, 0) is 4.79 Å². The third-order valence-electron chi connectivity index (χ3n) is 2.57. The molecule has 0 bridgehead atoms. The normalized spacial score (nSPS) is 12.4. The molecule has 0 fully saturated rings. The van der Waals surface area contributed by atoms with Crippen molar-refractivity contribution in [1.82, 2.24) is 0 Å². The van der Waals surface area contributed by atoms with Gasteiger partial charge in [-0.15, -0.1) is 5.54 Å². The van der Waals surface area contributed by atoms with Crippen LogP contribution in [0.5, 0.6) is 0 Å². The van der Waals surface area contributed by atoms with Crippen molar-refractivity contribution in [3.05, 3.63) is 12.2 Å². The van der Waals surface area contributed by atoms with Crippen molar-refractivity contribution >= 4 is 14.0 Å². The van der Waals surface area contributed by atoms with E-state index in [0.29, 0.717) is 0 Å². The lowest BCUT2D eigenvalue weighted by atomic mass is 10.2. The smallest absolute Gasteiger partial charge is 0.328 e. The van der Waals surface area contributed by atoms with E-state index in [2.05, 4.69) is 45.3 Å². The first-order chi connectivity index (χ1) is 6.17. The molecule has 78 valence electrons. The van der Waals surface area contributed by atoms with Crippen molar-refractivity contribution in [1.29, 1.82) is 0 Å². The number of rotatable bonds is 1. The van der Waals surface area contributed by atoms with Gasteiger partial charge >= 0.3 is 5.97 Å². The lowest BCUT2D eigenvalue weighted by Crippen LogP contribution is -2.35. The molecule has 0 aromatic heterocycles. The molecule has 0 aliphatic carbocycles. The van der Waals surface area contributed by atoms with Crippen molar-refractivity contribution in [3.63, 3.8) is 0 Å². The van der Waals surface area contributed by atoms with Gasteiger partial charge in [0.2, 0.25) is 0 Å². The Morgan fingerprint density at radius 3 is 2.21 bits per heavy atom. The molecule has 0 atom stereocenters. The van der Waals surface area contributed by atoms with Crippen LogP contribution in [0.25, 0.3) is 0 Å². The van der Waals surface area contributed by atoms with Crippen molar-refractivity contribution in [2.45, 2.75) is 38.9 Å². The molecule has 0 radical (unpaired) electrons. The quantitative estimate of drug-likeness (QED) is 0.410. The van der Waals surface area contributed by atoms with Crippen LogP contribution in [0.15, 0.2) is 12.2 Å². The van der Waals surface area contributed by atoms with E-state index in [-0.39, 0.29) is 5.04 Å². The zero-order chi connectivity index (χ0) is 11.4. The molecule has 1 N–H and O–H groups in total. The number of carbonyl (C=O) groups is 1. The van der Waals surface area contributed by atoms with Gasteiger partial charge in [0.25, 0.3) is 0 Å². The molecule has 0 aromatic rings. The third-order valence-corrected chi connectivity index (χ3v) is 7.09. The number of aliphatic carboxylic acids is 1. The summed E-state index contributed by atoms with van der Waals surface area (Å²) in [5.74, 6) is 1.86. The summed E-state index contributed by atoms with van der Waals surface area (Å²) < 4.78 is 0. The maximum Gasteiger partial charge on any atom is 0.328 e. The largest absolute Gasteiger partial charge is 0.478 e. The first-order valence-electron chi connectivity index (χ1n) is 4.59. The maximum absolute atomic E-state index is 10.2. The topological polar surface area (TPSA) is 37.3 Å². The Labute approximate surface area is 87.0 Å². The van der Waals surface area contributed by atoms with Crippen LogP contribution in [0.1, 0.15) is 20.8 Å². The Balaban J connectivity index is 4.58. The van der Waals surface area contributed by atoms with Gasteiger partial charge in [-0.3, -0.25) is 0 Å². The molecule has 0 aliphatic heterocycles. The summed E-state index contributed by atoms with van der Waals surface area (Å²) in [7, 11) is -1.58. The molecule has 0 heterocycles. The monoisotopic (exact) mass is 210 g/mol. The van der Waals surface area contributed by atoms with Gasteiger partial charge in [-0.1, -0.05) is 39.8 Å². The van der Waals surface area contributed by atoms with E-state index in [1.54, 1.807) is 0 Å². The summed E-state index contributed by atoms with van der Waals surface area (Å²) in [5.41, 5.74) is 3.19. The van der Waals surface area contributed by atoms with Crippen molar-refractivity contribution in [2.75, 3.05) is 0 Å². The first-order valence-corrected chi connectivity index (χ1v) is 7.59. The Kier molecular flexibility index (Phi) is 4.15. The minimum atomic E-state index is -1.58. The zero-order valence-corrected chi connectivity index (χ0v) is 10.5. The first kappa shape index (κ1) is 13.0. The van der Waals surface area contributed by atoms with Crippen LogP contribution < -0.4 is 0 Å². The predicted molar refractivity (Wildman–Crippen MR) is 61.7 cm³/mol. The molecule has 14 heavy (non-hydrogen) atoms. The van der Waals surface area contributed by atoms with E-state index >= 15 is 0 Å². The highest BCUT2D eigenvalue weighted by molar-refractivity contribution is 6.87. The lowest BCUT2D eigenvalue weighted by Gasteiger charge is -2.31. The van der Waals surface area contributed by atoms with E-state index in [1.807, 2.05) is 0 Å². The van der Waals surface area contributed by atoms with Crippen molar-refractivity contribution in [3.8, 4) is 11.5 Å². The summed E-state index contributed by atoms with van der Waals surface area (Å²) >= 11 is 0. The average molecular weight is 210 g/mol. The second-order valence-electron chi connectivity index (χ2n) is 4.82. The van der Waals surface area contributed by atoms with Crippen LogP contribution in [0.3, 0.4) is 0 Å². The summed E-state index contributed by atoms with van der Waals surface area (Å²) in [5, 5.41) is 8.58. The Morgan fingerprint density at radius 2 is 1.86 bits per heavy atom. The third kappa shape index (κ3) is 4.29. The van der Waals surface area contributed by atoms with Gasteiger partial charge < -0.3 is 5.11 Å². The van der Waals surface area contributed by atoms with Crippen LogP contribution >= 0.6 is 0 Å². The molecule has 0 spiro atoms. The number of carboxylic acids is 1. The van der Waals surface area contributed by atoms with E-state index < -0.39 is 14.0 Å². The fourth-order valence-electron chi connectivity index (χ4n) is 0.523. The van der Waals surface area contributed by atoms with E-state index in [1.165, 1.54) is 6.08 Å². The zero-order valence-electron chi connectivity index (χ0n) is 9.51. The van der Waals surface area contributed by atoms with Crippen LogP contribution in [-0.4, -0.2) is 19.1 Å². The summed E-state index contributed by atoms with van der Waals surface area (Å²) in [6.07, 6.45) is 2.48. The molecule has 0 amide bonds.